The Morgan fingerprint density at radius 1 is 1.42 bits per heavy atom. The van der Waals surface area contributed by atoms with Gasteiger partial charge in [0.1, 0.15) is 0 Å². The number of carbonyl (C=O) groups is 1. The fourth-order valence-corrected chi connectivity index (χ4v) is 0.798. The zero-order valence-corrected chi connectivity index (χ0v) is 8.39. The molecule has 0 aromatic carbocycles. The van der Waals surface area contributed by atoms with Crippen molar-refractivity contribution in [3.05, 3.63) is 12.2 Å². The van der Waals surface area contributed by atoms with E-state index >= 15 is 0 Å². The Morgan fingerprint density at radius 2 is 2.00 bits per heavy atom. The first-order valence-corrected chi connectivity index (χ1v) is 4.39. The molecular weight excluding hydrogens is 152 g/mol. The molecule has 0 heterocycles. The highest BCUT2D eigenvalue weighted by Crippen LogP contribution is 2.19. The predicted octanol–water partition coefficient (Wildman–Crippen LogP) is 2.54. The summed E-state index contributed by atoms with van der Waals surface area (Å²) in [7, 11) is 0. The number of hydrogen-bond donors (Lipinski definition) is 0. The summed E-state index contributed by atoms with van der Waals surface area (Å²) in [4.78, 5) is 11.3. The van der Waals surface area contributed by atoms with E-state index in [1.165, 1.54) is 0 Å². The van der Waals surface area contributed by atoms with Gasteiger partial charge in [-0.2, -0.15) is 0 Å². The zero-order valence-electron chi connectivity index (χ0n) is 8.39. The first kappa shape index (κ1) is 11.2. The van der Waals surface area contributed by atoms with Crippen LogP contribution in [0, 0.1) is 5.41 Å². The average molecular weight is 170 g/mol. The van der Waals surface area contributed by atoms with Gasteiger partial charge in [0.05, 0.1) is 12.0 Å². The number of esters is 1. The largest absolute Gasteiger partial charge is 0.465 e. The molecule has 2 nitrogen and oxygen atoms in total. The molecule has 0 saturated heterocycles. The number of carbonyl (C=O) groups excluding carboxylic acids is 1. The van der Waals surface area contributed by atoms with Crippen molar-refractivity contribution in [3.63, 3.8) is 0 Å². The predicted molar refractivity (Wildman–Crippen MR) is 49.8 cm³/mol. The maximum atomic E-state index is 11.3. The van der Waals surface area contributed by atoms with Gasteiger partial charge in [-0.1, -0.05) is 19.1 Å². The molecule has 0 atom stereocenters. The minimum Gasteiger partial charge on any atom is -0.465 e. The molecule has 0 bridgehead atoms. The monoisotopic (exact) mass is 170 g/mol. The van der Waals surface area contributed by atoms with Crippen LogP contribution in [0.1, 0.15) is 34.1 Å². The van der Waals surface area contributed by atoms with Crippen LogP contribution in [-0.2, 0) is 9.53 Å². The Hall–Kier alpha value is -0.790. The number of ether oxygens (including phenoxy) is 1. The SMILES string of the molecule is CCC=CC(C)(C)C(=O)OCC. The highest BCUT2D eigenvalue weighted by molar-refractivity contribution is 5.78. The molecule has 0 amide bonds. The van der Waals surface area contributed by atoms with Gasteiger partial charge in [-0.05, 0) is 27.2 Å². The van der Waals surface area contributed by atoms with Crippen molar-refractivity contribution in [1.82, 2.24) is 0 Å². The van der Waals surface area contributed by atoms with Crippen molar-refractivity contribution < 1.29 is 9.53 Å². The van der Waals surface area contributed by atoms with Gasteiger partial charge in [-0.15, -0.1) is 0 Å². The molecule has 0 aromatic rings. The molecule has 0 unspecified atom stereocenters. The third-order valence-corrected chi connectivity index (χ3v) is 1.57. The summed E-state index contributed by atoms with van der Waals surface area (Å²) in [6.07, 6.45) is 4.82. The van der Waals surface area contributed by atoms with E-state index in [-0.39, 0.29) is 5.97 Å². The van der Waals surface area contributed by atoms with E-state index in [4.69, 9.17) is 4.74 Å². The van der Waals surface area contributed by atoms with Gasteiger partial charge in [-0.25, -0.2) is 0 Å². The first-order valence-electron chi connectivity index (χ1n) is 4.39. The minimum absolute atomic E-state index is 0.158. The maximum absolute atomic E-state index is 11.3. The van der Waals surface area contributed by atoms with Crippen molar-refractivity contribution in [2.24, 2.45) is 5.41 Å². The molecule has 0 radical (unpaired) electrons. The van der Waals surface area contributed by atoms with Crippen molar-refractivity contribution in [3.8, 4) is 0 Å². The van der Waals surface area contributed by atoms with Gasteiger partial charge >= 0.3 is 5.97 Å². The summed E-state index contributed by atoms with van der Waals surface area (Å²) in [5, 5.41) is 0. The molecule has 0 aromatic heterocycles. The Balaban J connectivity index is 4.18. The van der Waals surface area contributed by atoms with E-state index in [1.54, 1.807) is 0 Å². The Morgan fingerprint density at radius 3 is 2.42 bits per heavy atom. The van der Waals surface area contributed by atoms with E-state index in [0.29, 0.717) is 6.61 Å². The van der Waals surface area contributed by atoms with Gasteiger partial charge in [0.2, 0.25) is 0 Å². The smallest absolute Gasteiger partial charge is 0.315 e. The molecule has 0 aliphatic rings. The summed E-state index contributed by atoms with van der Waals surface area (Å²) in [6.45, 7) is 8.02. The van der Waals surface area contributed by atoms with Crippen molar-refractivity contribution in [2.45, 2.75) is 34.1 Å². The third kappa shape index (κ3) is 3.56. The zero-order chi connectivity index (χ0) is 9.61. The van der Waals surface area contributed by atoms with Crippen LogP contribution >= 0.6 is 0 Å². The maximum Gasteiger partial charge on any atom is 0.315 e. The molecule has 70 valence electrons. The second-order valence-electron chi connectivity index (χ2n) is 3.25. The highest BCUT2D eigenvalue weighted by atomic mass is 16.5. The van der Waals surface area contributed by atoms with Crippen LogP contribution in [0.25, 0.3) is 0 Å². The van der Waals surface area contributed by atoms with Crippen molar-refractivity contribution >= 4 is 5.97 Å². The van der Waals surface area contributed by atoms with Crippen LogP contribution in [-0.4, -0.2) is 12.6 Å². The quantitative estimate of drug-likeness (QED) is 0.478. The summed E-state index contributed by atoms with van der Waals surface area (Å²) in [6, 6.07) is 0. The molecule has 0 N–H and O–H groups in total. The minimum atomic E-state index is -0.480. The first-order chi connectivity index (χ1) is 5.54. The molecule has 0 spiro atoms. The lowest BCUT2D eigenvalue weighted by Crippen LogP contribution is -2.24. The van der Waals surface area contributed by atoms with Gasteiger partial charge in [0, 0.05) is 0 Å². The molecule has 0 saturated carbocycles. The summed E-state index contributed by atoms with van der Waals surface area (Å²) < 4.78 is 4.91. The topological polar surface area (TPSA) is 26.3 Å². The second kappa shape index (κ2) is 4.96. The molecule has 0 fully saturated rings. The summed E-state index contributed by atoms with van der Waals surface area (Å²) in [5.41, 5.74) is -0.480. The standard InChI is InChI=1S/C10H18O2/c1-5-7-8-10(3,4)9(11)12-6-2/h7-8H,5-6H2,1-4H3. The van der Waals surface area contributed by atoms with E-state index in [2.05, 4.69) is 0 Å². The van der Waals surface area contributed by atoms with Crippen LogP contribution in [0.15, 0.2) is 12.2 Å². The highest BCUT2D eigenvalue weighted by Gasteiger charge is 2.25. The number of allylic oxidation sites excluding steroid dienone is 1. The molecule has 2 heteroatoms. The van der Waals surface area contributed by atoms with Crippen molar-refractivity contribution in [1.29, 1.82) is 0 Å². The van der Waals surface area contributed by atoms with Gasteiger partial charge in [0.25, 0.3) is 0 Å². The molecule has 0 rings (SSSR count). The molecule has 0 aliphatic carbocycles. The fourth-order valence-electron chi connectivity index (χ4n) is 0.798. The van der Waals surface area contributed by atoms with Gasteiger partial charge in [-0.3, -0.25) is 4.79 Å². The average Bonchev–Trinajstić information content (AvgIpc) is 2.01. The molecule has 0 aliphatic heterocycles. The van der Waals surface area contributed by atoms with E-state index in [1.807, 2.05) is 39.8 Å². The lowest BCUT2D eigenvalue weighted by Gasteiger charge is -2.17. The van der Waals surface area contributed by atoms with Gasteiger partial charge in [0.15, 0.2) is 0 Å². The van der Waals surface area contributed by atoms with Crippen molar-refractivity contribution in [2.75, 3.05) is 6.61 Å². The normalized spacial score (nSPS) is 12.0. The van der Waals surface area contributed by atoms with E-state index < -0.39 is 5.41 Å². The van der Waals surface area contributed by atoms with Crippen LogP contribution in [0.3, 0.4) is 0 Å². The number of hydrogen-bond acceptors (Lipinski definition) is 2. The lowest BCUT2D eigenvalue weighted by molar-refractivity contribution is -0.150. The van der Waals surface area contributed by atoms with Crippen LogP contribution in [0.4, 0.5) is 0 Å². The van der Waals surface area contributed by atoms with E-state index in [0.717, 1.165) is 6.42 Å². The molecular formula is C10H18O2. The van der Waals surface area contributed by atoms with Crippen LogP contribution < -0.4 is 0 Å². The Bertz CT molecular complexity index is 169. The van der Waals surface area contributed by atoms with E-state index in [9.17, 15) is 4.79 Å². The number of rotatable bonds is 4. The Labute approximate surface area is 74.6 Å². The Kier molecular flexibility index (Phi) is 4.64. The fraction of sp³-hybridized carbons (Fsp3) is 0.700. The summed E-state index contributed by atoms with van der Waals surface area (Å²) in [5.74, 6) is -0.158. The third-order valence-electron chi connectivity index (χ3n) is 1.57. The van der Waals surface area contributed by atoms with Gasteiger partial charge < -0.3 is 4.74 Å². The van der Waals surface area contributed by atoms with Crippen LogP contribution in [0.5, 0.6) is 0 Å². The lowest BCUT2D eigenvalue weighted by atomic mass is 9.93. The second-order valence-corrected chi connectivity index (χ2v) is 3.25. The summed E-state index contributed by atoms with van der Waals surface area (Å²) >= 11 is 0. The molecule has 12 heavy (non-hydrogen) atoms. The van der Waals surface area contributed by atoms with Crippen LogP contribution in [0.2, 0.25) is 0 Å².